The van der Waals surface area contributed by atoms with E-state index in [1.165, 1.54) is 18.2 Å². The van der Waals surface area contributed by atoms with E-state index < -0.39 is 23.5 Å². The Hall–Kier alpha value is -6.52. The van der Waals surface area contributed by atoms with Gasteiger partial charge in [0, 0.05) is 44.0 Å². The highest BCUT2D eigenvalue weighted by Crippen LogP contribution is 2.41. The molecular weight excluding hydrogens is 674 g/mol. The van der Waals surface area contributed by atoms with E-state index in [0.29, 0.717) is 16.8 Å². The fourth-order valence-corrected chi connectivity index (χ4v) is 7.17. The molecule has 0 unspecified atom stereocenters. The van der Waals surface area contributed by atoms with E-state index in [9.17, 15) is 36.9 Å². The van der Waals surface area contributed by atoms with Crippen LogP contribution >= 0.6 is 0 Å². The maximum atomic E-state index is 13.8. The van der Waals surface area contributed by atoms with E-state index in [0.717, 1.165) is 62.9 Å². The lowest BCUT2D eigenvalue weighted by atomic mass is 9.95. The number of rotatable bonds is 3. The Morgan fingerprint density at radius 3 is 1.13 bits per heavy atom. The summed E-state index contributed by atoms with van der Waals surface area (Å²) >= 11 is 0. The molecule has 0 spiro atoms. The van der Waals surface area contributed by atoms with E-state index in [1.807, 2.05) is 50.2 Å². The van der Waals surface area contributed by atoms with Crippen molar-refractivity contribution >= 4 is 43.6 Å². The number of benzene rings is 6. The molecule has 0 saturated carbocycles. The minimum Gasteiger partial charge on any atom is -0.309 e. The average molecular weight is 699 g/mol. The number of aryl methyl sites for hydroxylation is 2. The minimum atomic E-state index is -4.72. The van der Waals surface area contributed by atoms with Gasteiger partial charge in [0.1, 0.15) is 0 Å². The second-order valence-corrected chi connectivity index (χ2v) is 12.9. The Labute approximate surface area is 292 Å². The van der Waals surface area contributed by atoms with Crippen molar-refractivity contribution in [3.05, 3.63) is 143 Å². The largest absolute Gasteiger partial charge is 0.416 e. The van der Waals surface area contributed by atoms with Gasteiger partial charge in [-0.1, -0.05) is 23.3 Å². The first-order valence-electron chi connectivity index (χ1n) is 16.1. The van der Waals surface area contributed by atoms with Gasteiger partial charge in [-0.25, -0.2) is 0 Å². The first-order valence-corrected chi connectivity index (χ1v) is 16.1. The lowest BCUT2D eigenvalue weighted by Gasteiger charge is -2.15. The molecule has 254 valence electrons. The number of halogens is 6. The molecule has 6 aromatic carbocycles. The lowest BCUT2D eigenvalue weighted by molar-refractivity contribution is -0.138. The van der Waals surface area contributed by atoms with Crippen LogP contribution in [-0.4, -0.2) is 9.13 Å². The summed E-state index contributed by atoms with van der Waals surface area (Å²) in [6, 6.07) is 32.8. The summed E-state index contributed by atoms with van der Waals surface area (Å²) in [7, 11) is 0. The minimum absolute atomic E-state index is 0.0154. The van der Waals surface area contributed by atoms with E-state index in [2.05, 4.69) is 28.8 Å². The Balaban J connectivity index is 1.39. The van der Waals surface area contributed by atoms with E-state index in [1.54, 1.807) is 22.8 Å². The zero-order chi connectivity index (χ0) is 36.7. The van der Waals surface area contributed by atoms with Gasteiger partial charge in [0.25, 0.3) is 0 Å². The fourth-order valence-electron chi connectivity index (χ4n) is 7.17. The van der Waals surface area contributed by atoms with Gasteiger partial charge in [-0.2, -0.15) is 36.9 Å². The number of hydrogen-bond acceptors (Lipinski definition) is 2. The van der Waals surface area contributed by atoms with Crippen LogP contribution in [0.4, 0.5) is 26.3 Å². The van der Waals surface area contributed by atoms with Crippen molar-refractivity contribution in [2.24, 2.45) is 0 Å². The predicted molar refractivity (Wildman–Crippen MR) is 189 cm³/mol. The Morgan fingerprint density at radius 1 is 0.442 bits per heavy atom. The van der Waals surface area contributed by atoms with Crippen LogP contribution in [0.3, 0.4) is 0 Å². The monoisotopic (exact) mass is 698 g/mol. The summed E-state index contributed by atoms with van der Waals surface area (Å²) in [5.74, 6) is 0. The molecule has 0 atom stereocenters. The summed E-state index contributed by atoms with van der Waals surface area (Å²) in [5.41, 5.74) is 4.98. The zero-order valence-electron chi connectivity index (χ0n) is 27.4. The molecule has 0 aliphatic heterocycles. The summed E-state index contributed by atoms with van der Waals surface area (Å²) in [5, 5.41) is 22.6. The molecule has 8 rings (SSSR count). The Bertz CT molecular complexity index is 2740. The van der Waals surface area contributed by atoms with Crippen LogP contribution < -0.4 is 0 Å². The van der Waals surface area contributed by atoms with Crippen LogP contribution in [0.25, 0.3) is 66.1 Å². The molecule has 0 radical (unpaired) electrons. The molecule has 0 fully saturated rings. The molecule has 2 heterocycles. The molecule has 8 aromatic rings. The van der Waals surface area contributed by atoms with Gasteiger partial charge in [0.2, 0.25) is 0 Å². The molecule has 0 aliphatic carbocycles. The average Bonchev–Trinajstić information content (AvgIpc) is 3.61. The zero-order valence-corrected chi connectivity index (χ0v) is 27.4. The van der Waals surface area contributed by atoms with E-state index >= 15 is 0 Å². The third kappa shape index (κ3) is 5.15. The Kier molecular flexibility index (Phi) is 7.23. The van der Waals surface area contributed by atoms with Gasteiger partial charge in [-0.3, -0.25) is 0 Å². The van der Waals surface area contributed by atoms with Gasteiger partial charge in [0.15, 0.2) is 0 Å². The van der Waals surface area contributed by atoms with Crippen molar-refractivity contribution in [3.63, 3.8) is 0 Å². The van der Waals surface area contributed by atoms with Crippen LogP contribution in [0, 0.1) is 36.5 Å². The van der Waals surface area contributed by atoms with Gasteiger partial charge >= 0.3 is 12.4 Å². The van der Waals surface area contributed by atoms with Gasteiger partial charge in [0.05, 0.1) is 56.5 Å². The van der Waals surface area contributed by atoms with Crippen molar-refractivity contribution in [2.75, 3.05) is 0 Å². The van der Waals surface area contributed by atoms with Crippen molar-refractivity contribution in [3.8, 4) is 34.6 Å². The lowest BCUT2D eigenvalue weighted by Crippen LogP contribution is -2.04. The molecule has 0 saturated heterocycles. The number of nitriles is 2. The van der Waals surface area contributed by atoms with Crippen molar-refractivity contribution < 1.29 is 26.3 Å². The molecule has 4 nitrogen and oxygen atoms in total. The van der Waals surface area contributed by atoms with Crippen LogP contribution in [0.5, 0.6) is 0 Å². The molecule has 10 heteroatoms. The molecule has 2 aromatic heterocycles. The topological polar surface area (TPSA) is 57.4 Å². The molecule has 0 N–H and O–H groups in total. The SMILES string of the molecule is Cc1ccc2c(c1)c1cc(C)ccc1n2-c1ccc(C#N)c(-c2cc(-n3c4ccc(C(F)(F)F)cc4c4cc(C(F)(F)F)ccc43)ccc2C#N)c1. The fraction of sp³-hybridized carbons (Fsp3) is 0.0952. The van der Waals surface area contributed by atoms with Crippen LogP contribution in [0.1, 0.15) is 33.4 Å². The number of nitrogens with zero attached hydrogens (tertiary/aromatic N) is 4. The van der Waals surface area contributed by atoms with Gasteiger partial charge < -0.3 is 9.13 Å². The first kappa shape index (κ1) is 32.7. The first-order chi connectivity index (χ1) is 24.8. The predicted octanol–water partition coefficient (Wildman–Crippen LogP) is 11.9. The third-order valence-corrected chi connectivity index (χ3v) is 9.55. The quantitative estimate of drug-likeness (QED) is 0.173. The van der Waals surface area contributed by atoms with Crippen molar-refractivity contribution in [2.45, 2.75) is 26.2 Å². The second-order valence-electron chi connectivity index (χ2n) is 12.9. The highest BCUT2D eigenvalue weighted by atomic mass is 19.4. The maximum Gasteiger partial charge on any atom is 0.416 e. The van der Waals surface area contributed by atoms with Crippen LogP contribution in [0.15, 0.2) is 109 Å². The number of aromatic nitrogens is 2. The van der Waals surface area contributed by atoms with Gasteiger partial charge in [-0.15, -0.1) is 0 Å². The van der Waals surface area contributed by atoms with Crippen LogP contribution in [0.2, 0.25) is 0 Å². The summed E-state index contributed by atoms with van der Waals surface area (Å²) < 4.78 is 86.5. The summed E-state index contributed by atoms with van der Waals surface area (Å²) in [4.78, 5) is 0. The van der Waals surface area contributed by atoms with Crippen LogP contribution in [-0.2, 0) is 12.4 Å². The molecule has 0 amide bonds. The third-order valence-electron chi connectivity index (χ3n) is 9.55. The van der Waals surface area contributed by atoms with E-state index in [-0.39, 0.29) is 32.9 Å². The van der Waals surface area contributed by atoms with Crippen molar-refractivity contribution in [1.82, 2.24) is 9.13 Å². The number of hydrogen-bond donors (Lipinski definition) is 0. The standard InChI is InChI=1S/C42H24F6N4/c1-23-3-11-37-33(15-23)34-16-24(2)4-12-38(34)51(37)29-9-5-25(21-49)31(19-29)32-20-30(10-6-26(32)22-50)52-39-13-7-27(41(43,44)45)17-35(39)36-18-28(42(46,47)48)8-14-40(36)52/h3-20H,1-2H3. The maximum absolute atomic E-state index is 13.8. The van der Waals surface area contributed by atoms with Crippen molar-refractivity contribution in [1.29, 1.82) is 10.5 Å². The highest BCUT2D eigenvalue weighted by molar-refractivity contribution is 6.11. The molecule has 0 bridgehead atoms. The second kappa shape index (κ2) is 11.5. The Morgan fingerprint density at radius 2 is 0.788 bits per heavy atom. The van der Waals surface area contributed by atoms with Gasteiger partial charge in [-0.05, 0) is 111 Å². The summed E-state index contributed by atoms with van der Waals surface area (Å²) in [6.07, 6.45) is -9.45. The smallest absolute Gasteiger partial charge is 0.309 e. The highest BCUT2D eigenvalue weighted by Gasteiger charge is 2.33. The molecule has 52 heavy (non-hydrogen) atoms. The summed E-state index contributed by atoms with van der Waals surface area (Å²) in [6.45, 7) is 4.05. The normalized spacial score (nSPS) is 12.2. The van der Waals surface area contributed by atoms with E-state index in [4.69, 9.17) is 0 Å². The number of fused-ring (bicyclic) bond motifs is 6. The molecular formula is C42H24F6N4. The molecule has 0 aliphatic rings. The number of alkyl halides is 6.